The zero-order valence-electron chi connectivity index (χ0n) is 13.5. The van der Waals surface area contributed by atoms with Crippen molar-refractivity contribution < 1.29 is 23.8 Å². The minimum atomic E-state index is -0.912. The van der Waals surface area contributed by atoms with Crippen molar-refractivity contribution in [3.63, 3.8) is 0 Å². The van der Waals surface area contributed by atoms with E-state index in [-0.39, 0.29) is 22.5 Å². The maximum absolute atomic E-state index is 13.9. The number of carbonyl (C=O) groups excluding carboxylic acids is 1. The van der Waals surface area contributed by atoms with Crippen LogP contribution in [0.1, 0.15) is 30.1 Å². The van der Waals surface area contributed by atoms with Crippen LogP contribution in [0.5, 0.6) is 0 Å². The number of nitrogens with one attached hydrogen (secondary N) is 1. The molecule has 6 nitrogen and oxygen atoms in total. The maximum atomic E-state index is 13.9. The fourth-order valence-electron chi connectivity index (χ4n) is 2.88. The van der Waals surface area contributed by atoms with Crippen molar-refractivity contribution in [3.05, 3.63) is 28.5 Å². The Balaban J connectivity index is 2.09. The first-order valence-corrected chi connectivity index (χ1v) is 8.03. The SMILES string of the molecule is COC(=O)c1cc(F)c(Cl)c(NC(C)C2CCN(C(=O)O)CC2)c1. The van der Waals surface area contributed by atoms with E-state index < -0.39 is 17.9 Å². The molecular formula is C16H20ClFN2O4. The summed E-state index contributed by atoms with van der Waals surface area (Å²) in [6.07, 6.45) is 0.499. The average molecular weight is 359 g/mol. The van der Waals surface area contributed by atoms with Gasteiger partial charge < -0.3 is 20.1 Å². The molecule has 0 bridgehead atoms. The number of piperidine rings is 1. The highest BCUT2D eigenvalue weighted by molar-refractivity contribution is 6.33. The van der Waals surface area contributed by atoms with E-state index in [0.717, 1.165) is 6.07 Å². The smallest absolute Gasteiger partial charge is 0.407 e. The number of benzene rings is 1. The summed E-state index contributed by atoms with van der Waals surface area (Å²) in [6.45, 7) is 2.87. The summed E-state index contributed by atoms with van der Waals surface area (Å²) in [6, 6.07) is 2.45. The van der Waals surface area contributed by atoms with Gasteiger partial charge in [-0.15, -0.1) is 0 Å². The summed E-state index contributed by atoms with van der Waals surface area (Å²) in [5.41, 5.74) is 0.403. The minimum absolute atomic E-state index is 0.0502. The number of likely N-dealkylation sites (tertiary alicyclic amines) is 1. The topological polar surface area (TPSA) is 78.9 Å². The molecule has 1 aliphatic rings. The second-order valence-electron chi connectivity index (χ2n) is 5.85. The van der Waals surface area contributed by atoms with Crippen LogP contribution in [0.25, 0.3) is 0 Å². The van der Waals surface area contributed by atoms with Gasteiger partial charge in [-0.1, -0.05) is 11.6 Å². The van der Waals surface area contributed by atoms with Gasteiger partial charge in [0.1, 0.15) is 5.82 Å². The van der Waals surface area contributed by atoms with Gasteiger partial charge in [0.05, 0.1) is 23.4 Å². The van der Waals surface area contributed by atoms with Crippen LogP contribution in [0.2, 0.25) is 5.02 Å². The molecule has 1 fully saturated rings. The number of halogens is 2. The van der Waals surface area contributed by atoms with E-state index >= 15 is 0 Å². The molecule has 1 aromatic rings. The Morgan fingerprint density at radius 3 is 2.58 bits per heavy atom. The Morgan fingerprint density at radius 1 is 1.42 bits per heavy atom. The fourth-order valence-corrected chi connectivity index (χ4v) is 3.05. The van der Waals surface area contributed by atoms with E-state index in [1.54, 1.807) is 0 Å². The van der Waals surface area contributed by atoms with Crippen molar-refractivity contribution in [2.75, 3.05) is 25.5 Å². The van der Waals surface area contributed by atoms with Crippen LogP contribution in [-0.4, -0.2) is 48.3 Å². The summed E-state index contributed by atoms with van der Waals surface area (Å²) >= 11 is 5.99. The van der Waals surface area contributed by atoms with Crippen LogP contribution < -0.4 is 5.32 Å². The minimum Gasteiger partial charge on any atom is -0.465 e. The second kappa shape index (κ2) is 7.70. The van der Waals surface area contributed by atoms with Gasteiger partial charge in [0.2, 0.25) is 0 Å². The Hall–Kier alpha value is -2.02. The number of rotatable bonds is 4. The van der Waals surface area contributed by atoms with Crippen LogP contribution in [-0.2, 0) is 4.74 Å². The lowest BCUT2D eigenvalue weighted by Gasteiger charge is -2.34. The molecule has 1 heterocycles. The van der Waals surface area contributed by atoms with Gasteiger partial charge in [-0.05, 0) is 37.8 Å². The molecule has 1 aliphatic heterocycles. The zero-order valence-corrected chi connectivity index (χ0v) is 14.3. The van der Waals surface area contributed by atoms with Gasteiger partial charge >= 0.3 is 12.1 Å². The first-order valence-electron chi connectivity index (χ1n) is 7.65. The number of ether oxygens (including phenoxy) is 1. The summed E-state index contributed by atoms with van der Waals surface area (Å²) in [4.78, 5) is 23.9. The lowest BCUT2D eigenvalue weighted by molar-refractivity contribution is 0.0600. The van der Waals surface area contributed by atoms with Gasteiger partial charge in [-0.2, -0.15) is 0 Å². The monoisotopic (exact) mass is 358 g/mol. The van der Waals surface area contributed by atoms with E-state index in [2.05, 4.69) is 10.1 Å². The number of methoxy groups -OCH3 is 1. The van der Waals surface area contributed by atoms with E-state index in [9.17, 15) is 14.0 Å². The van der Waals surface area contributed by atoms with Crippen molar-refractivity contribution in [1.29, 1.82) is 0 Å². The highest BCUT2D eigenvalue weighted by Crippen LogP contribution is 2.30. The summed E-state index contributed by atoms with van der Waals surface area (Å²) in [7, 11) is 1.22. The predicted octanol–water partition coefficient (Wildman–Crippen LogP) is 3.46. The standard InChI is InChI=1S/C16H20ClFN2O4/c1-9(10-3-5-20(6-4-10)16(22)23)19-13-8-11(15(21)24-2)7-12(18)14(13)17/h7-10,19H,3-6H2,1-2H3,(H,22,23). The molecule has 1 saturated heterocycles. The molecule has 0 saturated carbocycles. The van der Waals surface area contributed by atoms with Crippen LogP contribution in [0.3, 0.4) is 0 Å². The Morgan fingerprint density at radius 2 is 2.04 bits per heavy atom. The summed E-state index contributed by atoms with van der Waals surface area (Å²) < 4.78 is 18.5. The number of hydrogen-bond acceptors (Lipinski definition) is 4. The molecule has 24 heavy (non-hydrogen) atoms. The van der Waals surface area contributed by atoms with E-state index in [4.69, 9.17) is 16.7 Å². The molecule has 2 rings (SSSR count). The number of carbonyl (C=O) groups is 2. The highest BCUT2D eigenvalue weighted by atomic mass is 35.5. The number of amides is 1. The highest BCUT2D eigenvalue weighted by Gasteiger charge is 2.27. The normalized spacial score (nSPS) is 16.6. The molecule has 0 spiro atoms. The van der Waals surface area contributed by atoms with Gasteiger partial charge in [-0.25, -0.2) is 14.0 Å². The molecule has 2 N–H and O–H groups in total. The first kappa shape index (κ1) is 18.3. The fraction of sp³-hybridized carbons (Fsp3) is 0.500. The molecule has 1 amide bonds. The molecule has 132 valence electrons. The quantitative estimate of drug-likeness (QED) is 0.806. The molecule has 0 aliphatic carbocycles. The Bertz CT molecular complexity index is 633. The molecule has 1 unspecified atom stereocenters. The van der Waals surface area contributed by atoms with E-state index in [0.29, 0.717) is 31.6 Å². The summed E-state index contributed by atoms with van der Waals surface area (Å²) in [5, 5.41) is 12.0. The van der Waals surface area contributed by atoms with Gasteiger partial charge in [0.25, 0.3) is 0 Å². The van der Waals surface area contributed by atoms with Crippen molar-refractivity contribution >= 4 is 29.4 Å². The number of nitrogens with zero attached hydrogens (tertiary/aromatic N) is 1. The van der Waals surface area contributed by atoms with Gasteiger partial charge in [0.15, 0.2) is 0 Å². The molecular weight excluding hydrogens is 339 g/mol. The number of anilines is 1. The predicted molar refractivity (Wildman–Crippen MR) is 88.2 cm³/mol. The van der Waals surface area contributed by atoms with Gasteiger partial charge in [-0.3, -0.25) is 0 Å². The molecule has 1 aromatic carbocycles. The molecule has 0 aromatic heterocycles. The third-order valence-electron chi connectivity index (χ3n) is 4.35. The lowest BCUT2D eigenvalue weighted by atomic mass is 9.90. The average Bonchev–Trinajstić information content (AvgIpc) is 2.57. The maximum Gasteiger partial charge on any atom is 0.407 e. The molecule has 8 heteroatoms. The Labute approximate surface area is 144 Å². The number of carboxylic acid groups (broad SMARTS) is 1. The van der Waals surface area contributed by atoms with E-state index in [1.165, 1.54) is 18.1 Å². The third kappa shape index (κ3) is 4.08. The van der Waals surface area contributed by atoms with Crippen molar-refractivity contribution in [3.8, 4) is 0 Å². The van der Waals surface area contributed by atoms with E-state index in [1.807, 2.05) is 6.92 Å². The lowest BCUT2D eigenvalue weighted by Crippen LogP contribution is -2.41. The van der Waals surface area contributed by atoms with Crippen LogP contribution in [0.15, 0.2) is 12.1 Å². The first-order chi connectivity index (χ1) is 11.3. The number of esters is 1. The zero-order chi connectivity index (χ0) is 17.9. The molecule has 1 atom stereocenters. The molecule has 0 radical (unpaired) electrons. The van der Waals surface area contributed by atoms with Crippen molar-refractivity contribution in [2.45, 2.75) is 25.8 Å². The van der Waals surface area contributed by atoms with Crippen LogP contribution >= 0.6 is 11.6 Å². The van der Waals surface area contributed by atoms with Gasteiger partial charge in [0, 0.05) is 19.1 Å². The largest absolute Gasteiger partial charge is 0.465 e. The summed E-state index contributed by atoms with van der Waals surface area (Å²) in [5.74, 6) is -1.12. The number of hydrogen-bond donors (Lipinski definition) is 2. The van der Waals surface area contributed by atoms with Crippen LogP contribution in [0.4, 0.5) is 14.9 Å². The third-order valence-corrected chi connectivity index (χ3v) is 4.73. The van der Waals surface area contributed by atoms with Crippen molar-refractivity contribution in [2.24, 2.45) is 5.92 Å². The second-order valence-corrected chi connectivity index (χ2v) is 6.23. The van der Waals surface area contributed by atoms with Crippen molar-refractivity contribution in [1.82, 2.24) is 4.90 Å². The van der Waals surface area contributed by atoms with Crippen LogP contribution in [0, 0.1) is 11.7 Å². The Kier molecular flexibility index (Phi) is 5.88.